The number of nitrogens with zero attached hydrogens (tertiary/aromatic N) is 1. The zero-order chi connectivity index (χ0) is 12.8. The van der Waals surface area contributed by atoms with E-state index in [0.29, 0.717) is 0 Å². The molecule has 17 heavy (non-hydrogen) atoms. The third kappa shape index (κ3) is 1.89. The molecule has 1 aromatic carbocycles. The molecule has 0 bridgehead atoms. The lowest BCUT2D eigenvalue weighted by atomic mass is 10.1. The fourth-order valence-corrected chi connectivity index (χ4v) is 2.69. The van der Waals surface area contributed by atoms with Crippen molar-refractivity contribution in [3.05, 3.63) is 23.3 Å². The van der Waals surface area contributed by atoms with E-state index < -0.39 is 21.8 Å². The second-order valence-corrected chi connectivity index (χ2v) is 5.35. The maximum absolute atomic E-state index is 11.8. The van der Waals surface area contributed by atoms with E-state index in [9.17, 15) is 13.2 Å². The first-order valence-corrected chi connectivity index (χ1v) is 6.22. The van der Waals surface area contributed by atoms with Gasteiger partial charge in [0.2, 0.25) is 5.84 Å². The Balaban J connectivity index is 2.70. The second-order valence-electron chi connectivity index (χ2n) is 3.78. The minimum absolute atomic E-state index is 0.00519. The maximum Gasteiger partial charge on any atom is 0.372 e. The van der Waals surface area contributed by atoms with Gasteiger partial charge >= 0.3 is 5.97 Å². The number of nitrogens with one attached hydrogen (secondary N) is 1. The van der Waals surface area contributed by atoms with Crippen molar-refractivity contribution in [2.75, 3.05) is 5.32 Å². The summed E-state index contributed by atoms with van der Waals surface area (Å²) in [5.41, 5.74) is 1.93. The molecule has 0 aromatic heterocycles. The van der Waals surface area contributed by atoms with E-state index in [1.165, 1.54) is 6.07 Å². The number of sulfonamides is 1. The molecule has 2 rings (SSSR count). The van der Waals surface area contributed by atoms with Gasteiger partial charge in [-0.2, -0.15) is 8.42 Å². The summed E-state index contributed by atoms with van der Waals surface area (Å²) in [6, 6.07) is 3.08. The number of hydrogen-bond acceptors (Lipinski definition) is 4. The van der Waals surface area contributed by atoms with Crippen LogP contribution in [0.5, 0.6) is 0 Å². The van der Waals surface area contributed by atoms with E-state index in [1.54, 1.807) is 13.0 Å². The monoisotopic (exact) mass is 254 g/mol. The molecule has 0 spiro atoms. The van der Waals surface area contributed by atoms with Crippen LogP contribution in [0.15, 0.2) is 21.4 Å². The third-order valence-electron chi connectivity index (χ3n) is 2.54. The Morgan fingerprint density at radius 2 is 1.88 bits per heavy atom. The molecule has 1 aromatic rings. The summed E-state index contributed by atoms with van der Waals surface area (Å²) in [6.45, 7) is 3.59. The Morgan fingerprint density at radius 3 is 2.47 bits per heavy atom. The van der Waals surface area contributed by atoms with E-state index >= 15 is 0 Å². The molecule has 0 amide bonds. The van der Waals surface area contributed by atoms with Crippen molar-refractivity contribution in [2.45, 2.75) is 18.7 Å². The molecule has 0 saturated heterocycles. The number of carboxylic acids is 1. The number of benzene rings is 1. The maximum atomic E-state index is 11.8. The Kier molecular flexibility index (Phi) is 2.43. The Hall–Kier alpha value is -1.89. The summed E-state index contributed by atoms with van der Waals surface area (Å²) in [5, 5.41) is 11.3. The van der Waals surface area contributed by atoms with Gasteiger partial charge in [0, 0.05) is 0 Å². The molecule has 0 aliphatic carbocycles. The van der Waals surface area contributed by atoms with Crippen LogP contribution in [0.2, 0.25) is 0 Å². The zero-order valence-corrected chi connectivity index (χ0v) is 10.00. The summed E-state index contributed by atoms with van der Waals surface area (Å²) in [6.07, 6.45) is 0. The fourth-order valence-electron chi connectivity index (χ4n) is 1.51. The van der Waals surface area contributed by atoms with Crippen LogP contribution in [-0.2, 0) is 14.8 Å². The van der Waals surface area contributed by atoms with Gasteiger partial charge in [-0.15, -0.1) is 4.40 Å². The van der Waals surface area contributed by atoms with E-state index in [4.69, 9.17) is 5.11 Å². The first-order chi connectivity index (χ1) is 7.81. The minimum atomic E-state index is -3.93. The molecule has 1 aliphatic rings. The smallest absolute Gasteiger partial charge is 0.372 e. The average Bonchev–Trinajstić information content (AvgIpc) is 2.20. The molecular formula is C10H10N2O4S. The number of amidine groups is 1. The van der Waals surface area contributed by atoms with Crippen LogP contribution in [0, 0.1) is 13.8 Å². The number of carboxylic acid groups (broad SMARTS) is 1. The molecule has 1 heterocycles. The second kappa shape index (κ2) is 3.56. The molecule has 6 nitrogen and oxygen atoms in total. The molecule has 90 valence electrons. The van der Waals surface area contributed by atoms with Gasteiger partial charge in [-0.1, -0.05) is 0 Å². The van der Waals surface area contributed by atoms with Gasteiger partial charge in [-0.25, -0.2) is 4.79 Å². The quantitative estimate of drug-likeness (QED) is 0.776. The van der Waals surface area contributed by atoms with Crippen molar-refractivity contribution in [1.29, 1.82) is 0 Å². The summed E-state index contributed by atoms with van der Waals surface area (Å²) < 4.78 is 26.7. The SMILES string of the molecule is Cc1cc2c(cc1C)S(=O)(=O)N=C(C(=O)O)N2. The van der Waals surface area contributed by atoms with Crippen molar-refractivity contribution in [1.82, 2.24) is 0 Å². The number of aryl methyl sites for hydroxylation is 2. The van der Waals surface area contributed by atoms with Crippen LogP contribution in [-0.4, -0.2) is 25.3 Å². The first kappa shape index (κ1) is 11.6. The van der Waals surface area contributed by atoms with Crippen LogP contribution in [0.1, 0.15) is 11.1 Å². The molecule has 0 fully saturated rings. The summed E-state index contributed by atoms with van der Waals surface area (Å²) >= 11 is 0. The number of hydrogen-bond donors (Lipinski definition) is 2. The summed E-state index contributed by atoms with van der Waals surface area (Å²) in [5.74, 6) is -1.99. The van der Waals surface area contributed by atoms with E-state index in [1.807, 2.05) is 6.92 Å². The van der Waals surface area contributed by atoms with Crippen molar-refractivity contribution in [2.24, 2.45) is 4.40 Å². The van der Waals surface area contributed by atoms with E-state index in [0.717, 1.165) is 11.1 Å². The minimum Gasteiger partial charge on any atom is -0.475 e. The number of rotatable bonds is 1. The first-order valence-electron chi connectivity index (χ1n) is 4.78. The molecule has 0 atom stereocenters. The van der Waals surface area contributed by atoms with Gasteiger partial charge in [-0.3, -0.25) is 0 Å². The fraction of sp³-hybridized carbons (Fsp3) is 0.200. The molecule has 0 radical (unpaired) electrons. The molecule has 1 aliphatic heterocycles. The van der Waals surface area contributed by atoms with Crippen LogP contribution in [0.25, 0.3) is 0 Å². The van der Waals surface area contributed by atoms with Crippen molar-refractivity contribution < 1.29 is 18.3 Å². The van der Waals surface area contributed by atoms with E-state index in [-0.39, 0.29) is 10.6 Å². The van der Waals surface area contributed by atoms with Gasteiger partial charge in [0.05, 0.1) is 5.69 Å². The Labute approximate surface area is 98.0 Å². The lowest BCUT2D eigenvalue weighted by Crippen LogP contribution is -2.28. The summed E-state index contributed by atoms with van der Waals surface area (Å²) in [4.78, 5) is 10.8. The predicted octanol–water partition coefficient (Wildman–Crippen LogP) is 0.901. The predicted molar refractivity (Wildman–Crippen MR) is 61.8 cm³/mol. The highest BCUT2D eigenvalue weighted by atomic mass is 32.2. The van der Waals surface area contributed by atoms with Crippen LogP contribution in [0.4, 0.5) is 5.69 Å². The lowest BCUT2D eigenvalue weighted by Gasteiger charge is -2.17. The number of anilines is 1. The van der Waals surface area contributed by atoms with Crippen LogP contribution >= 0.6 is 0 Å². The highest BCUT2D eigenvalue weighted by Crippen LogP contribution is 2.29. The average molecular weight is 254 g/mol. The number of aliphatic carboxylic acids is 1. The zero-order valence-electron chi connectivity index (χ0n) is 9.18. The molecular weight excluding hydrogens is 244 g/mol. The summed E-state index contributed by atoms with van der Waals surface area (Å²) in [7, 11) is -3.93. The molecule has 0 saturated carbocycles. The van der Waals surface area contributed by atoms with Gasteiger partial charge in [0.25, 0.3) is 10.0 Å². The van der Waals surface area contributed by atoms with Crippen LogP contribution < -0.4 is 5.32 Å². The van der Waals surface area contributed by atoms with E-state index in [2.05, 4.69) is 9.71 Å². The third-order valence-corrected chi connectivity index (χ3v) is 3.86. The van der Waals surface area contributed by atoms with Gasteiger partial charge in [0.15, 0.2) is 0 Å². The van der Waals surface area contributed by atoms with Crippen LogP contribution in [0.3, 0.4) is 0 Å². The van der Waals surface area contributed by atoms with Gasteiger partial charge < -0.3 is 10.4 Å². The Bertz CT molecular complexity index is 647. The number of fused-ring (bicyclic) bond motifs is 1. The highest BCUT2D eigenvalue weighted by Gasteiger charge is 2.28. The topological polar surface area (TPSA) is 95.8 Å². The molecule has 7 heteroatoms. The van der Waals surface area contributed by atoms with Crippen molar-refractivity contribution in [3.8, 4) is 0 Å². The van der Waals surface area contributed by atoms with Crippen molar-refractivity contribution >= 4 is 27.5 Å². The lowest BCUT2D eigenvalue weighted by molar-refractivity contribution is -0.129. The molecule has 2 N–H and O–H groups in total. The Morgan fingerprint density at radius 1 is 1.29 bits per heavy atom. The standard InChI is InChI=1S/C10H10N2O4S/c1-5-3-7-8(4-6(5)2)17(15,16)12-9(11-7)10(13)14/h3-4H,1-2H3,(H,11,12)(H,13,14). The van der Waals surface area contributed by atoms with Gasteiger partial charge in [-0.05, 0) is 37.1 Å². The highest BCUT2D eigenvalue weighted by molar-refractivity contribution is 7.90. The largest absolute Gasteiger partial charge is 0.475 e. The van der Waals surface area contributed by atoms with Gasteiger partial charge in [0.1, 0.15) is 4.90 Å². The van der Waals surface area contributed by atoms with Crippen molar-refractivity contribution in [3.63, 3.8) is 0 Å². The normalized spacial score (nSPS) is 16.7. The number of carbonyl (C=O) groups is 1. The molecule has 0 unspecified atom stereocenters.